The molecule has 0 spiro atoms. The molecule has 19 heavy (non-hydrogen) atoms. The number of nitriles is 1. The van der Waals surface area contributed by atoms with Gasteiger partial charge in [-0.05, 0) is 24.5 Å². The first-order chi connectivity index (χ1) is 8.43. The maximum Gasteiger partial charge on any atom is 0.209 e. The Morgan fingerprint density at radius 2 is 1.95 bits per heavy atom. The first kappa shape index (κ1) is 16.9. The molecule has 0 amide bonds. The number of aliphatic imine (C=N–C) groups is 1. The predicted octanol–water partition coefficient (Wildman–Crippen LogP) is 1.53. The second-order valence-electron chi connectivity index (χ2n) is 5.12. The van der Waals surface area contributed by atoms with Gasteiger partial charge in [0.1, 0.15) is 0 Å². The van der Waals surface area contributed by atoms with E-state index in [-0.39, 0.29) is 16.9 Å². The minimum Gasteiger partial charge on any atom is -0.412 e. The summed E-state index contributed by atoms with van der Waals surface area (Å²) in [5.74, 6) is 0.450. The smallest absolute Gasteiger partial charge is 0.209 e. The van der Waals surface area contributed by atoms with Crippen LogP contribution in [0.3, 0.4) is 0 Å². The first-order valence-electron chi connectivity index (χ1n) is 5.83. The monoisotopic (exact) mass is 263 g/mol. The van der Waals surface area contributed by atoms with E-state index in [0.717, 1.165) is 5.69 Å². The molecule has 1 aromatic rings. The van der Waals surface area contributed by atoms with E-state index >= 15 is 0 Å². The molecule has 0 aliphatic rings. The van der Waals surface area contributed by atoms with Crippen LogP contribution in [0.1, 0.15) is 27.7 Å². The molecule has 1 aromatic heterocycles. The van der Waals surface area contributed by atoms with Gasteiger partial charge in [0, 0.05) is 18.1 Å². The van der Waals surface area contributed by atoms with Crippen molar-refractivity contribution in [1.82, 2.24) is 10.3 Å². The summed E-state index contributed by atoms with van der Waals surface area (Å²) in [6.45, 7) is 8.35. The van der Waals surface area contributed by atoms with E-state index in [1.165, 1.54) is 0 Å². The molecule has 6 heteroatoms. The van der Waals surface area contributed by atoms with E-state index in [4.69, 9.17) is 5.26 Å². The standard InChI is InChI=1S/C13H19N5.H2O/c1-10(13(2,3)4)17-12(16-9-14)18-11-5-7-15-8-6-11;/h5-8,10H,1-4H3,(H2,15,16,17,18);1H2/t10-;/m1./s1. The van der Waals surface area contributed by atoms with Crippen molar-refractivity contribution in [2.75, 3.05) is 5.32 Å². The highest BCUT2D eigenvalue weighted by molar-refractivity contribution is 5.94. The topological polar surface area (TPSA) is 105 Å². The average Bonchev–Trinajstić information content (AvgIpc) is 2.29. The van der Waals surface area contributed by atoms with Crippen LogP contribution in [0.5, 0.6) is 0 Å². The van der Waals surface area contributed by atoms with Crippen molar-refractivity contribution in [2.45, 2.75) is 33.7 Å². The maximum atomic E-state index is 8.74. The van der Waals surface area contributed by atoms with Crippen molar-refractivity contribution in [3.8, 4) is 6.19 Å². The number of aromatic nitrogens is 1. The fourth-order valence-electron chi connectivity index (χ4n) is 1.11. The van der Waals surface area contributed by atoms with Gasteiger partial charge in [0.25, 0.3) is 0 Å². The summed E-state index contributed by atoms with van der Waals surface area (Å²) in [6.07, 6.45) is 5.25. The number of anilines is 1. The number of hydrogen-bond acceptors (Lipinski definition) is 3. The van der Waals surface area contributed by atoms with Gasteiger partial charge in [-0.2, -0.15) is 5.26 Å². The second kappa shape index (κ2) is 7.34. The highest BCUT2D eigenvalue weighted by atomic mass is 16.0. The summed E-state index contributed by atoms with van der Waals surface area (Å²) in [4.78, 5) is 8.42. The summed E-state index contributed by atoms with van der Waals surface area (Å²) < 4.78 is 0. The molecule has 1 atom stereocenters. The molecule has 0 aromatic carbocycles. The maximum absolute atomic E-state index is 8.74. The third-order valence-electron chi connectivity index (χ3n) is 2.69. The number of nitrogens with one attached hydrogen (secondary N) is 2. The highest BCUT2D eigenvalue weighted by Gasteiger charge is 2.19. The summed E-state index contributed by atoms with van der Waals surface area (Å²) in [6, 6.07) is 3.72. The van der Waals surface area contributed by atoms with Gasteiger partial charge in [0.2, 0.25) is 5.96 Å². The molecule has 0 unspecified atom stereocenters. The Kier molecular flexibility index (Phi) is 6.51. The largest absolute Gasteiger partial charge is 0.412 e. The Hall–Kier alpha value is -2.13. The lowest BCUT2D eigenvalue weighted by Gasteiger charge is -2.24. The van der Waals surface area contributed by atoms with Crippen molar-refractivity contribution < 1.29 is 5.48 Å². The predicted molar refractivity (Wildman–Crippen MR) is 76.6 cm³/mol. The van der Waals surface area contributed by atoms with E-state index in [1.807, 2.05) is 25.2 Å². The number of rotatable bonds is 2. The lowest BCUT2D eigenvalue weighted by atomic mass is 9.88. The SMILES string of the molecule is C[C@@H](N=C(NC#N)Nc1ccncc1)C(C)(C)C.O. The van der Waals surface area contributed by atoms with Crippen LogP contribution in [0.15, 0.2) is 29.5 Å². The fraction of sp³-hybridized carbons (Fsp3) is 0.462. The van der Waals surface area contributed by atoms with Crippen LogP contribution < -0.4 is 10.6 Å². The van der Waals surface area contributed by atoms with Crippen molar-refractivity contribution in [3.63, 3.8) is 0 Å². The zero-order chi connectivity index (χ0) is 13.6. The minimum atomic E-state index is 0. The Morgan fingerprint density at radius 1 is 1.37 bits per heavy atom. The molecule has 0 saturated heterocycles. The van der Waals surface area contributed by atoms with Crippen LogP contribution in [-0.4, -0.2) is 22.5 Å². The van der Waals surface area contributed by atoms with Crippen LogP contribution in [-0.2, 0) is 0 Å². The zero-order valence-electron chi connectivity index (χ0n) is 11.7. The molecule has 0 radical (unpaired) electrons. The summed E-state index contributed by atoms with van der Waals surface area (Å²) in [7, 11) is 0. The molecular formula is C13H21N5O. The summed E-state index contributed by atoms with van der Waals surface area (Å²) in [5.41, 5.74) is 0.884. The Labute approximate surface area is 113 Å². The van der Waals surface area contributed by atoms with Gasteiger partial charge in [-0.15, -0.1) is 0 Å². The van der Waals surface area contributed by atoms with E-state index < -0.39 is 0 Å². The average molecular weight is 263 g/mol. The third-order valence-corrected chi connectivity index (χ3v) is 2.69. The van der Waals surface area contributed by atoms with Gasteiger partial charge in [-0.3, -0.25) is 10.3 Å². The molecule has 104 valence electrons. The van der Waals surface area contributed by atoms with E-state index in [1.54, 1.807) is 12.4 Å². The highest BCUT2D eigenvalue weighted by Crippen LogP contribution is 2.21. The Morgan fingerprint density at radius 3 is 2.42 bits per heavy atom. The molecule has 1 rings (SSSR count). The van der Waals surface area contributed by atoms with Gasteiger partial charge in [0.15, 0.2) is 6.19 Å². The number of hydrogen-bond donors (Lipinski definition) is 2. The van der Waals surface area contributed by atoms with E-state index in [9.17, 15) is 0 Å². The van der Waals surface area contributed by atoms with Crippen molar-refractivity contribution in [1.29, 1.82) is 5.26 Å². The molecule has 1 heterocycles. The van der Waals surface area contributed by atoms with Crippen LogP contribution in [0.2, 0.25) is 0 Å². The van der Waals surface area contributed by atoms with Crippen molar-refractivity contribution in [3.05, 3.63) is 24.5 Å². The quantitative estimate of drug-likeness (QED) is 0.365. The van der Waals surface area contributed by atoms with Crippen LogP contribution in [0, 0.1) is 16.9 Å². The first-order valence-corrected chi connectivity index (χ1v) is 5.83. The minimum absolute atomic E-state index is 0. The second-order valence-corrected chi connectivity index (χ2v) is 5.12. The lowest BCUT2D eigenvalue weighted by Crippen LogP contribution is -2.31. The van der Waals surface area contributed by atoms with Gasteiger partial charge in [0.05, 0.1) is 6.04 Å². The lowest BCUT2D eigenvalue weighted by molar-refractivity contribution is 0.341. The molecular weight excluding hydrogens is 242 g/mol. The Bertz CT molecular complexity index is 444. The molecule has 0 aliphatic carbocycles. The third kappa shape index (κ3) is 5.84. The van der Waals surface area contributed by atoms with E-state index in [2.05, 4.69) is 41.4 Å². The van der Waals surface area contributed by atoms with Crippen molar-refractivity contribution >= 4 is 11.6 Å². The number of pyridine rings is 1. The zero-order valence-corrected chi connectivity index (χ0v) is 11.7. The van der Waals surface area contributed by atoms with Gasteiger partial charge >= 0.3 is 0 Å². The molecule has 0 aliphatic heterocycles. The van der Waals surface area contributed by atoms with E-state index in [0.29, 0.717) is 5.96 Å². The van der Waals surface area contributed by atoms with Gasteiger partial charge in [-0.25, -0.2) is 4.99 Å². The molecule has 4 N–H and O–H groups in total. The van der Waals surface area contributed by atoms with Crippen LogP contribution in [0.4, 0.5) is 5.69 Å². The molecule has 0 bridgehead atoms. The van der Waals surface area contributed by atoms with Crippen LogP contribution >= 0.6 is 0 Å². The van der Waals surface area contributed by atoms with Crippen molar-refractivity contribution in [2.24, 2.45) is 10.4 Å². The van der Waals surface area contributed by atoms with Crippen LogP contribution in [0.25, 0.3) is 0 Å². The number of guanidine groups is 1. The normalized spacial score (nSPS) is 12.9. The number of nitrogens with zero attached hydrogens (tertiary/aromatic N) is 3. The summed E-state index contributed by atoms with van der Waals surface area (Å²) >= 11 is 0. The molecule has 0 saturated carbocycles. The molecule has 6 nitrogen and oxygen atoms in total. The fourth-order valence-corrected chi connectivity index (χ4v) is 1.11. The van der Waals surface area contributed by atoms with Gasteiger partial charge < -0.3 is 10.8 Å². The summed E-state index contributed by atoms with van der Waals surface area (Å²) in [5, 5.41) is 14.4. The van der Waals surface area contributed by atoms with Gasteiger partial charge in [-0.1, -0.05) is 20.8 Å². The molecule has 0 fully saturated rings. The Balaban J connectivity index is 0.00000324.